The molecule has 0 fully saturated rings. The first kappa shape index (κ1) is 21.4. The quantitative estimate of drug-likeness (QED) is 0.448. The lowest BCUT2D eigenvalue weighted by Crippen LogP contribution is -2.27. The monoisotopic (exact) mass is 405 g/mol. The van der Waals surface area contributed by atoms with Crippen molar-refractivity contribution in [2.24, 2.45) is 0 Å². The average molecular weight is 406 g/mol. The number of ether oxygens (including phenoxy) is 1. The van der Waals surface area contributed by atoms with Crippen LogP contribution >= 0.6 is 8.58 Å². The van der Waals surface area contributed by atoms with E-state index in [0.29, 0.717) is 15.2 Å². The molecule has 0 bridgehead atoms. The smallest absolute Gasteiger partial charge is 0.130 e. The maximum Gasteiger partial charge on any atom is 0.130 e. The SMILES string of the molecule is CCN(CC)c1cccc(C)c1Pc1cc(C)cc(C)c1OCc1ccccc1. The van der Waals surface area contributed by atoms with E-state index in [1.165, 1.54) is 38.6 Å². The second kappa shape index (κ2) is 9.94. The van der Waals surface area contributed by atoms with E-state index in [9.17, 15) is 0 Å². The summed E-state index contributed by atoms with van der Waals surface area (Å²) in [7, 11) is 0.566. The van der Waals surface area contributed by atoms with Crippen LogP contribution in [0.5, 0.6) is 5.75 Å². The lowest BCUT2D eigenvalue weighted by atomic mass is 10.1. The van der Waals surface area contributed by atoms with E-state index in [-0.39, 0.29) is 0 Å². The van der Waals surface area contributed by atoms with Crippen LogP contribution in [0, 0.1) is 20.8 Å². The maximum absolute atomic E-state index is 6.37. The molecule has 152 valence electrons. The molecule has 1 unspecified atom stereocenters. The molecule has 0 aromatic heterocycles. The Balaban J connectivity index is 1.97. The zero-order valence-electron chi connectivity index (χ0n) is 18.3. The predicted molar refractivity (Wildman–Crippen MR) is 129 cm³/mol. The van der Waals surface area contributed by atoms with Gasteiger partial charge in [0.25, 0.3) is 0 Å². The van der Waals surface area contributed by atoms with E-state index >= 15 is 0 Å². The fourth-order valence-electron chi connectivity index (χ4n) is 3.75. The van der Waals surface area contributed by atoms with Crippen molar-refractivity contribution in [2.45, 2.75) is 41.2 Å². The second-order valence-corrected chi connectivity index (χ2v) is 8.79. The molecule has 0 radical (unpaired) electrons. The highest BCUT2D eigenvalue weighted by atomic mass is 31.1. The molecule has 0 heterocycles. The van der Waals surface area contributed by atoms with E-state index in [1.807, 2.05) is 6.07 Å². The van der Waals surface area contributed by atoms with E-state index < -0.39 is 0 Å². The molecule has 3 rings (SSSR count). The van der Waals surface area contributed by atoms with Crippen molar-refractivity contribution in [1.29, 1.82) is 0 Å². The van der Waals surface area contributed by atoms with Gasteiger partial charge >= 0.3 is 0 Å². The molecule has 3 aromatic rings. The Morgan fingerprint density at radius 3 is 2.24 bits per heavy atom. The van der Waals surface area contributed by atoms with Gasteiger partial charge in [0.15, 0.2) is 0 Å². The predicted octanol–water partition coefficient (Wildman–Crippen LogP) is 5.67. The van der Waals surface area contributed by atoms with Crippen LogP contribution in [0.3, 0.4) is 0 Å². The van der Waals surface area contributed by atoms with Crippen LogP contribution in [0.2, 0.25) is 0 Å². The summed E-state index contributed by atoms with van der Waals surface area (Å²) in [5, 5.41) is 2.71. The minimum Gasteiger partial charge on any atom is -0.488 e. The Labute approximate surface area is 177 Å². The lowest BCUT2D eigenvalue weighted by Gasteiger charge is -2.26. The highest BCUT2D eigenvalue weighted by Gasteiger charge is 2.16. The van der Waals surface area contributed by atoms with Crippen LogP contribution in [0.15, 0.2) is 60.7 Å². The van der Waals surface area contributed by atoms with Gasteiger partial charge in [0.1, 0.15) is 12.4 Å². The summed E-state index contributed by atoms with van der Waals surface area (Å²) in [6.45, 7) is 13.6. The van der Waals surface area contributed by atoms with E-state index in [4.69, 9.17) is 4.74 Å². The molecule has 0 aliphatic carbocycles. The van der Waals surface area contributed by atoms with Crippen molar-refractivity contribution in [1.82, 2.24) is 0 Å². The molecule has 0 aliphatic rings. The van der Waals surface area contributed by atoms with E-state index in [0.717, 1.165) is 18.8 Å². The van der Waals surface area contributed by atoms with Crippen molar-refractivity contribution in [3.8, 4) is 5.75 Å². The summed E-state index contributed by atoms with van der Waals surface area (Å²) >= 11 is 0. The number of nitrogens with zero attached hydrogens (tertiary/aromatic N) is 1. The zero-order chi connectivity index (χ0) is 20.8. The Morgan fingerprint density at radius 2 is 1.55 bits per heavy atom. The molecule has 0 N–H and O–H groups in total. The number of rotatable bonds is 8. The summed E-state index contributed by atoms with van der Waals surface area (Å²) in [6, 6.07) is 21.6. The third-order valence-corrected chi connectivity index (χ3v) is 6.80. The van der Waals surface area contributed by atoms with Gasteiger partial charge < -0.3 is 9.64 Å². The highest BCUT2D eigenvalue weighted by Crippen LogP contribution is 2.30. The molecule has 0 spiro atoms. The first-order valence-corrected chi connectivity index (χ1v) is 11.4. The molecule has 0 amide bonds. The summed E-state index contributed by atoms with van der Waals surface area (Å²) in [5.74, 6) is 1.03. The van der Waals surface area contributed by atoms with Crippen molar-refractivity contribution in [3.05, 3.63) is 82.9 Å². The highest BCUT2D eigenvalue weighted by molar-refractivity contribution is 7.56. The van der Waals surface area contributed by atoms with Gasteiger partial charge in [-0.3, -0.25) is 0 Å². The number of benzene rings is 3. The van der Waals surface area contributed by atoms with Gasteiger partial charge in [-0.2, -0.15) is 0 Å². The standard InChI is InChI=1S/C26H32NOP/c1-6-27(7-2)23-15-11-12-20(4)26(23)29-24-17-19(3)16-21(5)25(24)28-18-22-13-9-8-10-14-22/h8-17,29H,6-7,18H2,1-5H3. The van der Waals surface area contributed by atoms with E-state index in [1.54, 1.807) is 0 Å². The van der Waals surface area contributed by atoms with Gasteiger partial charge in [-0.25, -0.2) is 0 Å². The molecule has 1 atom stereocenters. The fourth-order valence-corrected chi connectivity index (χ4v) is 5.35. The molecule has 2 nitrogen and oxygen atoms in total. The Hall–Kier alpha value is -2.31. The fraction of sp³-hybridized carbons (Fsp3) is 0.308. The summed E-state index contributed by atoms with van der Waals surface area (Å²) in [6.07, 6.45) is 0. The molecule has 0 saturated carbocycles. The Kier molecular flexibility index (Phi) is 7.34. The third-order valence-electron chi connectivity index (χ3n) is 5.26. The van der Waals surface area contributed by atoms with Crippen LogP contribution in [0.4, 0.5) is 5.69 Å². The van der Waals surface area contributed by atoms with Gasteiger partial charge in [0.05, 0.1) is 0 Å². The van der Waals surface area contributed by atoms with Crippen molar-refractivity contribution >= 4 is 24.9 Å². The number of hydrogen-bond acceptors (Lipinski definition) is 2. The number of anilines is 1. The molecular weight excluding hydrogens is 373 g/mol. The Bertz CT molecular complexity index is 948. The van der Waals surface area contributed by atoms with Gasteiger partial charge in [-0.1, -0.05) is 57.1 Å². The third kappa shape index (κ3) is 5.19. The van der Waals surface area contributed by atoms with Crippen molar-refractivity contribution in [2.75, 3.05) is 18.0 Å². The Morgan fingerprint density at radius 1 is 0.828 bits per heavy atom. The van der Waals surface area contributed by atoms with Crippen molar-refractivity contribution in [3.63, 3.8) is 0 Å². The number of hydrogen-bond donors (Lipinski definition) is 0. The van der Waals surface area contributed by atoms with Crippen LogP contribution < -0.4 is 20.2 Å². The molecule has 3 heteroatoms. The van der Waals surface area contributed by atoms with Gasteiger partial charge in [0.2, 0.25) is 0 Å². The van der Waals surface area contributed by atoms with Gasteiger partial charge in [-0.05, 0) is 69.0 Å². The maximum atomic E-state index is 6.37. The van der Waals surface area contributed by atoms with Crippen LogP contribution in [0.25, 0.3) is 0 Å². The summed E-state index contributed by atoms with van der Waals surface area (Å²) in [4.78, 5) is 2.45. The summed E-state index contributed by atoms with van der Waals surface area (Å²) < 4.78 is 6.37. The molecule has 0 aliphatic heterocycles. The molecule has 3 aromatic carbocycles. The normalized spacial score (nSPS) is 11.2. The van der Waals surface area contributed by atoms with Crippen molar-refractivity contribution < 1.29 is 4.74 Å². The van der Waals surface area contributed by atoms with E-state index in [2.05, 4.69) is 94.1 Å². The van der Waals surface area contributed by atoms with Gasteiger partial charge in [-0.15, -0.1) is 0 Å². The minimum atomic E-state index is 0.566. The van der Waals surface area contributed by atoms with Crippen LogP contribution in [-0.2, 0) is 6.61 Å². The topological polar surface area (TPSA) is 12.5 Å². The minimum absolute atomic E-state index is 0.566. The molecular formula is C26H32NOP. The van der Waals surface area contributed by atoms with Crippen LogP contribution in [0.1, 0.15) is 36.1 Å². The van der Waals surface area contributed by atoms with Crippen LogP contribution in [-0.4, -0.2) is 13.1 Å². The first-order valence-electron chi connectivity index (χ1n) is 10.4. The molecule has 29 heavy (non-hydrogen) atoms. The average Bonchev–Trinajstić information content (AvgIpc) is 2.71. The van der Waals surface area contributed by atoms with Gasteiger partial charge in [0, 0.05) is 29.4 Å². The first-order chi connectivity index (χ1) is 14.0. The molecule has 0 saturated heterocycles. The summed E-state index contributed by atoms with van der Waals surface area (Å²) in [5.41, 5.74) is 6.39. The largest absolute Gasteiger partial charge is 0.488 e. The zero-order valence-corrected chi connectivity index (χ0v) is 19.3. The number of aryl methyl sites for hydroxylation is 3. The second-order valence-electron chi connectivity index (χ2n) is 7.50. The lowest BCUT2D eigenvalue weighted by molar-refractivity contribution is 0.307.